The molecule has 9 heteroatoms. The summed E-state index contributed by atoms with van der Waals surface area (Å²) in [6.07, 6.45) is -4.98. The Labute approximate surface area is 122 Å². The fourth-order valence-electron chi connectivity index (χ4n) is 1.67. The van der Waals surface area contributed by atoms with E-state index in [0.717, 1.165) is 16.4 Å². The van der Waals surface area contributed by atoms with Gasteiger partial charge in [0.15, 0.2) is 0 Å². The molecule has 0 bridgehead atoms. The number of alkyl halides is 3. The molecule has 1 aromatic rings. The number of sulfonamides is 1. The summed E-state index contributed by atoms with van der Waals surface area (Å²) in [5, 5.41) is 0. The van der Waals surface area contributed by atoms with Gasteiger partial charge in [-0.05, 0) is 18.2 Å². The van der Waals surface area contributed by atoms with Gasteiger partial charge >= 0.3 is 6.18 Å². The van der Waals surface area contributed by atoms with Crippen molar-refractivity contribution in [2.24, 2.45) is 0 Å². The van der Waals surface area contributed by atoms with Gasteiger partial charge in [0, 0.05) is 18.1 Å². The Hall–Kier alpha value is -0.640. The van der Waals surface area contributed by atoms with Crippen molar-refractivity contribution in [2.75, 3.05) is 20.2 Å². The molecule has 1 fully saturated rings. The van der Waals surface area contributed by atoms with Gasteiger partial charge in [0.25, 0.3) is 0 Å². The molecular formula is C11H11BrF3NO3S. The van der Waals surface area contributed by atoms with Gasteiger partial charge in [-0.25, -0.2) is 8.42 Å². The molecule has 1 aromatic carbocycles. The second kappa shape index (κ2) is 5.28. The van der Waals surface area contributed by atoms with Crippen molar-refractivity contribution in [3.05, 3.63) is 28.2 Å². The zero-order valence-electron chi connectivity index (χ0n) is 10.3. The minimum atomic E-state index is -4.75. The van der Waals surface area contributed by atoms with Crippen LogP contribution in [0.4, 0.5) is 13.2 Å². The molecule has 1 unspecified atom stereocenters. The molecule has 0 amide bonds. The number of benzene rings is 1. The van der Waals surface area contributed by atoms with E-state index in [1.165, 1.54) is 13.1 Å². The van der Waals surface area contributed by atoms with E-state index in [1.54, 1.807) is 0 Å². The molecule has 20 heavy (non-hydrogen) atoms. The average molecular weight is 374 g/mol. The number of hydrogen-bond donors (Lipinski definition) is 0. The van der Waals surface area contributed by atoms with Crippen LogP contribution in [0.2, 0.25) is 0 Å². The van der Waals surface area contributed by atoms with Gasteiger partial charge in [-0.1, -0.05) is 15.9 Å². The number of rotatable bonds is 4. The smallest absolute Gasteiger partial charge is 0.372 e. The predicted octanol–water partition coefficient (Wildman–Crippen LogP) is 2.49. The molecule has 4 nitrogen and oxygen atoms in total. The highest BCUT2D eigenvalue weighted by atomic mass is 79.9. The Morgan fingerprint density at radius 2 is 2.05 bits per heavy atom. The van der Waals surface area contributed by atoms with Gasteiger partial charge in [-0.3, -0.25) is 0 Å². The average Bonchev–Trinajstić information content (AvgIpc) is 3.11. The molecule has 1 heterocycles. The third kappa shape index (κ3) is 3.33. The summed E-state index contributed by atoms with van der Waals surface area (Å²) in [6.45, 7) is 0.460. The first kappa shape index (κ1) is 15.7. The van der Waals surface area contributed by atoms with Gasteiger partial charge in [-0.15, -0.1) is 0 Å². The van der Waals surface area contributed by atoms with Gasteiger partial charge < -0.3 is 4.74 Å². The number of halogens is 4. The van der Waals surface area contributed by atoms with E-state index < -0.39 is 26.7 Å². The summed E-state index contributed by atoms with van der Waals surface area (Å²) in [7, 11) is -2.98. The van der Waals surface area contributed by atoms with Crippen LogP contribution in [0.3, 0.4) is 0 Å². The van der Waals surface area contributed by atoms with Crippen LogP contribution in [0.25, 0.3) is 0 Å². The highest BCUT2D eigenvalue weighted by molar-refractivity contribution is 9.10. The minimum absolute atomic E-state index is 0.0374. The third-order valence-electron chi connectivity index (χ3n) is 2.80. The molecular weight excluding hydrogens is 363 g/mol. The van der Waals surface area contributed by atoms with Crippen LogP contribution in [0.5, 0.6) is 0 Å². The largest absolute Gasteiger partial charge is 0.417 e. The molecule has 0 N–H and O–H groups in total. The first-order chi connectivity index (χ1) is 9.12. The Balaban J connectivity index is 2.45. The Bertz CT molecular complexity index is 614. The van der Waals surface area contributed by atoms with E-state index in [9.17, 15) is 21.6 Å². The molecule has 2 rings (SSSR count). The summed E-state index contributed by atoms with van der Waals surface area (Å²) in [4.78, 5) is -0.753. The zero-order chi connectivity index (χ0) is 15.1. The van der Waals surface area contributed by atoms with Crippen LogP contribution in [0, 0.1) is 0 Å². The van der Waals surface area contributed by atoms with E-state index in [2.05, 4.69) is 15.9 Å². The zero-order valence-corrected chi connectivity index (χ0v) is 12.7. The van der Waals surface area contributed by atoms with Crippen molar-refractivity contribution in [1.82, 2.24) is 4.31 Å². The maximum absolute atomic E-state index is 13.0. The Morgan fingerprint density at radius 3 is 2.55 bits per heavy atom. The quantitative estimate of drug-likeness (QED) is 0.761. The lowest BCUT2D eigenvalue weighted by Crippen LogP contribution is -2.32. The Kier molecular flexibility index (Phi) is 4.16. The highest BCUT2D eigenvalue weighted by Gasteiger charge is 2.39. The molecule has 0 spiro atoms. The Morgan fingerprint density at radius 1 is 1.45 bits per heavy atom. The van der Waals surface area contributed by atoms with E-state index in [4.69, 9.17) is 4.74 Å². The van der Waals surface area contributed by atoms with Crippen molar-refractivity contribution in [3.8, 4) is 0 Å². The molecule has 1 atom stereocenters. The van der Waals surface area contributed by atoms with Crippen molar-refractivity contribution < 1.29 is 26.3 Å². The van der Waals surface area contributed by atoms with Crippen molar-refractivity contribution >= 4 is 26.0 Å². The number of likely N-dealkylation sites (N-methyl/N-ethyl adjacent to an activating group) is 1. The maximum Gasteiger partial charge on any atom is 0.417 e. The van der Waals surface area contributed by atoms with Gasteiger partial charge in [0.05, 0.1) is 23.2 Å². The molecule has 0 saturated carbocycles. The van der Waals surface area contributed by atoms with E-state index in [-0.39, 0.29) is 17.1 Å². The lowest BCUT2D eigenvalue weighted by molar-refractivity contribution is -0.140. The maximum atomic E-state index is 13.0. The summed E-state index contributed by atoms with van der Waals surface area (Å²) in [6, 6.07) is 2.98. The van der Waals surface area contributed by atoms with Gasteiger partial charge in [0.2, 0.25) is 10.0 Å². The van der Waals surface area contributed by atoms with Crippen LogP contribution in [0.15, 0.2) is 27.6 Å². The predicted molar refractivity (Wildman–Crippen MR) is 68.7 cm³/mol. The molecule has 1 saturated heterocycles. The lowest BCUT2D eigenvalue weighted by atomic mass is 10.2. The van der Waals surface area contributed by atoms with Crippen molar-refractivity contribution in [3.63, 3.8) is 0 Å². The molecule has 0 radical (unpaired) electrons. The summed E-state index contributed by atoms with van der Waals surface area (Å²) < 4.78 is 69.3. The van der Waals surface area contributed by atoms with Crippen LogP contribution < -0.4 is 0 Å². The second-order valence-corrected chi connectivity index (χ2v) is 7.31. The van der Waals surface area contributed by atoms with Gasteiger partial charge in [0.1, 0.15) is 0 Å². The molecule has 0 aliphatic carbocycles. The monoisotopic (exact) mass is 373 g/mol. The van der Waals surface area contributed by atoms with E-state index in [0.29, 0.717) is 6.61 Å². The first-order valence-electron chi connectivity index (χ1n) is 5.57. The third-order valence-corrected chi connectivity index (χ3v) is 5.17. The SMILES string of the molecule is CN(CC1CO1)S(=O)(=O)c1ccc(Br)cc1C(F)(F)F. The van der Waals surface area contributed by atoms with Gasteiger partial charge in [-0.2, -0.15) is 17.5 Å². The first-order valence-corrected chi connectivity index (χ1v) is 7.80. The van der Waals surface area contributed by atoms with Crippen LogP contribution in [-0.4, -0.2) is 39.0 Å². The number of ether oxygens (including phenoxy) is 1. The van der Waals surface area contributed by atoms with Crippen molar-refractivity contribution in [1.29, 1.82) is 0 Å². The van der Waals surface area contributed by atoms with Crippen molar-refractivity contribution in [2.45, 2.75) is 17.2 Å². The highest BCUT2D eigenvalue weighted by Crippen LogP contribution is 2.36. The van der Waals surface area contributed by atoms with Crippen LogP contribution >= 0.6 is 15.9 Å². The molecule has 1 aliphatic heterocycles. The minimum Gasteiger partial charge on any atom is -0.372 e. The number of epoxide rings is 1. The number of hydrogen-bond acceptors (Lipinski definition) is 3. The normalized spacial score (nSPS) is 19.4. The molecule has 1 aliphatic rings. The molecule has 0 aromatic heterocycles. The standard InChI is InChI=1S/C11H11BrF3NO3S/c1-16(5-8-6-19-8)20(17,18)10-3-2-7(12)4-9(10)11(13,14)15/h2-4,8H,5-6H2,1H3. The topological polar surface area (TPSA) is 49.9 Å². The summed E-state index contributed by atoms with van der Waals surface area (Å²) >= 11 is 2.91. The fraction of sp³-hybridized carbons (Fsp3) is 0.455. The van der Waals surface area contributed by atoms with E-state index >= 15 is 0 Å². The second-order valence-electron chi connectivity index (χ2n) is 4.38. The molecule has 112 valence electrons. The summed E-state index contributed by atoms with van der Waals surface area (Å²) in [5.41, 5.74) is -1.18. The van der Waals surface area contributed by atoms with Crippen LogP contribution in [0.1, 0.15) is 5.56 Å². The summed E-state index contributed by atoms with van der Waals surface area (Å²) in [5.74, 6) is 0. The fourth-order valence-corrected chi connectivity index (χ4v) is 3.43. The van der Waals surface area contributed by atoms with Crippen LogP contribution in [-0.2, 0) is 20.9 Å². The lowest BCUT2D eigenvalue weighted by Gasteiger charge is -2.19. The van der Waals surface area contributed by atoms with E-state index in [1.807, 2.05) is 0 Å². The number of nitrogens with zero attached hydrogens (tertiary/aromatic N) is 1.